The number of nitrogens with two attached hydrogens (primary N) is 1. The molecule has 1 aliphatic carbocycles. The van der Waals surface area contributed by atoms with Crippen LogP contribution < -0.4 is 11.1 Å². The monoisotopic (exact) mass is 324 g/mol. The number of carbonyl (C=O) groups is 1. The number of hydrogen-bond acceptors (Lipinski definition) is 2. The third kappa shape index (κ3) is 3.37. The van der Waals surface area contributed by atoms with Crippen molar-refractivity contribution in [3.63, 3.8) is 0 Å². The van der Waals surface area contributed by atoms with Crippen LogP contribution in [-0.4, -0.2) is 12.5 Å². The van der Waals surface area contributed by atoms with Gasteiger partial charge in [-0.1, -0.05) is 40.5 Å². The van der Waals surface area contributed by atoms with Crippen molar-refractivity contribution in [3.8, 4) is 0 Å². The van der Waals surface area contributed by atoms with Crippen LogP contribution in [0.1, 0.15) is 37.8 Å². The fourth-order valence-electron chi connectivity index (χ4n) is 2.89. The molecule has 0 saturated heterocycles. The minimum absolute atomic E-state index is 0.0158. The van der Waals surface area contributed by atoms with E-state index in [1.165, 1.54) is 0 Å². The normalized spacial score (nSPS) is 24.2. The van der Waals surface area contributed by atoms with Gasteiger partial charge in [0.25, 0.3) is 0 Å². The van der Waals surface area contributed by atoms with Crippen molar-refractivity contribution in [2.24, 2.45) is 17.6 Å². The lowest BCUT2D eigenvalue weighted by Gasteiger charge is -2.21. The average Bonchev–Trinajstić information content (AvgIpc) is 2.87. The van der Waals surface area contributed by atoms with Gasteiger partial charge < -0.3 is 11.1 Å². The number of benzene rings is 1. The van der Waals surface area contributed by atoms with E-state index in [1.54, 1.807) is 0 Å². The van der Waals surface area contributed by atoms with E-state index in [-0.39, 0.29) is 17.9 Å². The predicted molar refractivity (Wildman–Crippen MR) is 80.6 cm³/mol. The smallest absolute Gasteiger partial charge is 0.223 e. The molecule has 1 aromatic carbocycles. The van der Waals surface area contributed by atoms with Crippen molar-refractivity contribution in [3.05, 3.63) is 34.3 Å². The molecule has 0 heterocycles. The van der Waals surface area contributed by atoms with Crippen LogP contribution in [-0.2, 0) is 4.79 Å². The van der Waals surface area contributed by atoms with Gasteiger partial charge in [-0.2, -0.15) is 0 Å². The third-order valence-electron chi connectivity index (χ3n) is 4.03. The first-order valence-corrected chi connectivity index (χ1v) is 7.67. The summed E-state index contributed by atoms with van der Waals surface area (Å²) >= 11 is 3.52. The van der Waals surface area contributed by atoms with E-state index in [2.05, 4.69) is 21.2 Å². The first-order valence-electron chi connectivity index (χ1n) is 6.88. The van der Waals surface area contributed by atoms with Gasteiger partial charge in [-0.3, -0.25) is 4.79 Å². The second-order valence-corrected chi connectivity index (χ2v) is 6.14. The van der Waals surface area contributed by atoms with Crippen LogP contribution in [0, 0.1) is 11.8 Å². The fraction of sp³-hybridized carbons (Fsp3) is 0.533. The van der Waals surface area contributed by atoms with Crippen molar-refractivity contribution < 1.29 is 4.79 Å². The van der Waals surface area contributed by atoms with Crippen LogP contribution in [0.5, 0.6) is 0 Å². The van der Waals surface area contributed by atoms with E-state index < -0.39 is 0 Å². The highest BCUT2D eigenvalue weighted by molar-refractivity contribution is 9.10. The third-order valence-corrected chi connectivity index (χ3v) is 4.75. The summed E-state index contributed by atoms with van der Waals surface area (Å²) in [5.41, 5.74) is 6.85. The summed E-state index contributed by atoms with van der Waals surface area (Å²) in [6, 6.07) is 8.01. The molecule has 1 fully saturated rings. The molecule has 0 aromatic heterocycles. The molecule has 19 heavy (non-hydrogen) atoms. The SMILES string of the molecule is CC(NC(=O)C1CCCC1CN)c1ccccc1Br. The molecule has 0 bridgehead atoms. The summed E-state index contributed by atoms with van der Waals surface area (Å²) in [4.78, 5) is 12.3. The van der Waals surface area contributed by atoms with Crippen molar-refractivity contribution >= 4 is 21.8 Å². The van der Waals surface area contributed by atoms with Gasteiger partial charge in [-0.05, 0) is 43.9 Å². The molecule has 0 spiro atoms. The molecule has 104 valence electrons. The van der Waals surface area contributed by atoms with Gasteiger partial charge in [0.15, 0.2) is 0 Å². The van der Waals surface area contributed by atoms with Gasteiger partial charge in [0.05, 0.1) is 6.04 Å². The minimum atomic E-state index is 0.0158. The zero-order valence-corrected chi connectivity index (χ0v) is 12.8. The second kappa shape index (κ2) is 6.53. The molecule has 1 aromatic rings. The molecule has 2 rings (SSSR count). The summed E-state index contributed by atoms with van der Waals surface area (Å²) in [7, 11) is 0. The highest BCUT2D eigenvalue weighted by Crippen LogP contribution is 2.32. The molecule has 4 heteroatoms. The Balaban J connectivity index is 2.01. The van der Waals surface area contributed by atoms with Gasteiger partial charge in [0.1, 0.15) is 0 Å². The molecular formula is C15H21BrN2O. The first-order chi connectivity index (χ1) is 9.13. The van der Waals surface area contributed by atoms with E-state index >= 15 is 0 Å². The van der Waals surface area contributed by atoms with E-state index in [1.807, 2.05) is 31.2 Å². The summed E-state index contributed by atoms with van der Waals surface area (Å²) in [5.74, 6) is 0.595. The summed E-state index contributed by atoms with van der Waals surface area (Å²) in [6.45, 7) is 2.63. The molecular weight excluding hydrogens is 304 g/mol. The maximum absolute atomic E-state index is 12.3. The number of nitrogens with one attached hydrogen (secondary N) is 1. The van der Waals surface area contributed by atoms with Gasteiger partial charge in [-0.25, -0.2) is 0 Å². The van der Waals surface area contributed by atoms with Crippen LogP contribution in [0.25, 0.3) is 0 Å². The largest absolute Gasteiger partial charge is 0.349 e. The maximum atomic E-state index is 12.3. The number of rotatable bonds is 4. The molecule has 3 atom stereocenters. The van der Waals surface area contributed by atoms with Gasteiger partial charge in [0, 0.05) is 10.4 Å². The lowest BCUT2D eigenvalue weighted by Crippen LogP contribution is -2.36. The molecule has 1 amide bonds. The zero-order valence-electron chi connectivity index (χ0n) is 11.2. The molecule has 1 saturated carbocycles. The quantitative estimate of drug-likeness (QED) is 0.894. The Morgan fingerprint density at radius 2 is 2.21 bits per heavy atom. The maximum Gasteiger partial charge on any atom is 0.223 e. The van der Waals surface area contributed by atoms with Crippen LogP contribution in [0.4, 0.5) is 0 Å². The standard InChI is InChI=1S/C15H21BrN2O/c1-10(12-6-2-3-8-14(12)16)18-15(19)13-7-4-5-11(13)9-17/h2-3,6,8,10-11,13H,4-5,7,9,17H2,1H3,(H,18,19). The van der Waals surface area contributed by atoms with Crippen LogP contribution >= 0.6 is 15.9 Å². The summed E-state index contributed by atoms with van der Waals surface area (Å²) < 4.78 is 1.03. The fourth-order valence-corrected chi connectivity index (χ4v) is 3.52. The number of amides is 1. The van der Waals surface area contributed by atoms with Crippen molar-refractivity contribution in [1.29, 1.82) is 0 Å². The van der Waals surface area contributed by atoms with Crippen molar-refractivity contribution in [2.45, 2.75) is 32.2 Å². The Morgan fingerprint density at radius 3 is 2.89 bits per heavy atom. The first kappa shape index (κ1) is 14.5. The van der Waals surface area contributed by atoms with Gasteiger partial charge in [-0.15, -0.1) is 0 Å². The number of halogens is 1. The highest BCUT2D eigenvalue weighted by Gasteiger charge is 2.32. The molecule has 3 N–H and O–H groups in total. The molecule has 1 aliphatic rings. The predicted octanol–water partition coefficient (Wildman–Crippen LogP) is 3.00. The molecule has 3 nitrogen and oxygen atoms in total. The van der Waals surface area contributed by atoms with E-state index in [0.717, 1.165) is 29.3 Å². The molecule has 3 unspecified atom stereocenters. The number of carbonyl (C=O) groups excluding carboxylic acids is 1. The van der Waals surface area contributed by atoms with Gasteiger partial charge >= 0.3 is 0 Å². The zero-order chi connectivity index (χ0) is 13.8. The van der Waals surface area contributed by atoms with E-state index in [0.29, 0.717) is 12.5 Å². The topological polar surface area (TPSA) is 55.1 Å². The minimum Gasteiger partial charge on any atom is -0.349 e. The van der Waals surface area contributed by atoms with Crippen molar-refractivity contribution in [2.75, 3.05) is 6.54 Å². The van der Waals surface area contributed by atoms with Gasteiger partial charge in [0.2, 0.25) is 5.91 Å². The van der Waals surface area contributed by atoms with Crippen LogP contribution in [0.15, 0.2) is 28.7 Å². The Kier molecular flexibility index (Phi) is 4.99. The average molecular weight is 325 g/mol. The van der Waals surface area contributed by atoms with Crippen molar-refractivity contribution in [1.82, 2.24) is 5.32 Å². The summed E-state index contributed by atoms with van der Waals surface area (Å²) in [5, 5.41) is 3.12. The van der Waals surface area contributed by atoms with E-state index in [4.69, 9.17) is 5.73 Å². The Hall–Kier alpha value is -0.870. The lowest BCUT2D eigenvalue weighted by molar-refractivity contribution is -0.126. The van der Waals surface area contributed by atoms with E-state index in [9.17, 15) is 4.79 Å². The Labute approximate surface area is 123 Å². The van der Waals surface area contributed by atoms with Crippen LogP contribution in [0.3, 0.4) is 0 Å². The van der Waals surface area contributed by atoms with Crippen LogP contribution in [0.2, 0.25) is 0 Å². The second-order valence-electron chi connectivity index (χ2n) is 5.28. The number of hydrogen-bond donors (Lipinski definition) is 2. The molecule has 0 aliphatic heterocycles. The summed E-state index contributed by atoms with van der Waals surface area (Å²) in [6.07, 6.45) is 3.16. The lowest BCUT2D eigenvalue weighted by atomic mass is 9.94. The highest BCUT2D eigenvalue weighted by atomic mass is 79.9. The Morgan fingerprint density at radius 1 is 1.47 bits per heavy atom. The Bertz CT molecular complexity index is 450. The molecule has 0 radical (unpaired) electrons.